The van der Waals surface area contributed by atoms with Gasteiger partial charge in [0, 0.05) is 18.7 Å². The molecule has 0 aliphatic rings. The van der Waals surface area contributed by atoms with Gasteiger partial charge in [0.1, 0.15) is 10.8 Å². The molecule has 2 nitrogen and oxygen atoms in total. The van der Waals surface area contributed by atoms with Gasteiger partial charge in [-0.3, -0.25) is 0 Å². The number of hydrogen-bond donors (Lipinski definition) is 1. The van der Waals surface area contributed by atoms with Crippen LogP contribution in [-0.4, -0.2) is 23.5 Å². The van der Waals surface area contributed by atoms with Crippen LogP contribution in [0.2, 0.25) is 0 Å². The van der Waals surface area contributed by atoms with E-state index >= 15 is 0 Å². The first kappa shape index (κ1) is 15.1. The van der Waals surface area contributed by atoms with Crippen LogP contribution in [0, 0.1) is 11.2 Å². The highest BCUT2D eigenvalue weighted by Gasteiger charge is 2.14. The lowest BCUT2D eigenvalue weighted by Gasteiger charge is -2.26. The molecule has 0 fully saturated rings. The van der Waals surface area contributed by atoms with Gasteiger partial charge in [0.05, 0.1) is 0 Å². The molecule has 1 rings (SSSR count). The fourth-order valence-corrected chi connectivity index (χ4v) is 2.19. The first-order valence-corrected chi connectivity index (χ1v) is 6.36. The zero-order chi connectivity index (χ0) is 13.9. The summed E-state index contributed by atoms with van der Waals surface area (Å²) in [5, 5.41) is 0. The van der Waals surface area contributed by atoms with Gasteiger partial charge >= 0.3 is 0 Å². The maximum Gasteiger partial charge on any atom is 0.133 e. The smallest absolute Gasteiger partial charge is 0.133 e. The Morgan fingerprint density at radius 1 is 1.39 bits per heavy atom. The van der Waals surface area contributed by atoms with Crippen molar-refractivity contribution < 1.29 is 4.39 Å². The summed E-state index contributed by atoms with van der Waals surface area (Å²) in [6.45, 7) is 8.29. The molecule has 0 atom stereocenters. The molecule has 0 aliphatic carbocycles. The molecule has 0 amide bonds. The average Bonchev–Trinajstić information content (AvgIpc) is 2.17. The second kappa shape index (κ2) is 5.76. The third-order valence-corrected chi connectivity index (χ3v) is 2.71. The zero-order valence-electron chi connectivity index (χ0n) is 11.5. The minimum atomic E-state index is -0.357. The molecule has 0 saturated heterocycles. The van der Waals surface area contributed by atoms with Crippen LogP contribution in [0.4, 0.5) is 4.39 Å². The van der Waals surface area contributed by atoms with E-state index in [2.05, 4.69) is 32.7 Å². The van der Waals surface area contributed by atoms with Crippen molar-refractivity contribution in [1.29, 1.82) is 0 Å². The molecule has 4 heteroatoms. The van der Waals surface area contributed by atoms with Crippen molar-refractivity contribution in [2.45, 2.75) is 27.3 Å². The SMILES string of the molecule is CN(Cc1ccc(F)c(C(N)=S)c1)CC(C)(C)C. The topological polar surface area (TPSA) is 29.3 Å². The first-order valence-electron chi connectivity index (χ1n) is 5.96. The van der Waals surface area contributed by atoms with E-state index in [4.69, 9.17) is 18.0 Å². The fraction of sp³-hybridized carbons (Fsp3) is 0.500. The Morgan fingerprint density at radius 2 is 2.00 bits per heavy atom. The molecule has 100 valence electrons. The lowest BCUT2D eigenvalue weighted by molar-refractivity contribution is 0.221. The first-order chi connectivity index (χ1) is 8.19. The van der Waals surface area contributed by atoms with Crippen molar-refractivity contribution in [1.82, 2.24) is 4.90 Å². The Bertz CT molecular complexity index is 438. The normalized spacial score (nSPS) is 11.9. The fourth-order valence-electron chi connectivity index (χ4n) is 2.04. The average molecular weight is 268 g/mol. The lowest BCUT2D eigenvalue weighted by Crippen LogP contribution is -2.29. The molecule has 0 heterocycles. The van der Waals surface area contributed by atoms with E-state index in [0.29, 0.717) is 5.56 Å². The molecule has 0 saturated carbocycles. The minimum absolute atomic E-state index is 0.104. The largest absolute Gasteiger partial charge is 0.389 e. The third-order valence-electron chi connectivity index (χ3n) is 2.49. The molecule has 18 heavy (non-hydrogen) atoms. The van der Waals surface area contributed by atoms with Crippen LogP contribution in [0.15, 0.2) is 18.2 Å². The second-order valence-corrected chi connectivity index (χ2v) is 6.35. The number of nitrogens with zero attached hydrogens (tertiary/aromatic N) is 1. The summed E-state index contributed by atoms with van der Waals surface area (Å²) >= 11 is 4.83. The predicted octanol–water partition coefficient (Wildman–Crippen LogP) is 2.94. The van der Waals surface area contributed by atoms with Gasteiger partial charge in [-0.05, 0) is 30.2 Å². The van der Waals surface area contributed by atoms with E-state index in [1.54, 1.807) is 12.1 Å². The van der Waals surface area contributed by atoms with Gasteiger partial charge in [-0.2, -0.15) is 0 Å². The van der Waals surface area contributed by atoms with Crippen molar-refractivity contribution in [2.24, 2.45) is 11.1 Å². The quantitative estimate of drug-likeness (QED) is 0.851. The standard InChI is InChI=1S/C14H21FN2S/c1-14(2,3)9-17(4)8-10-5-6-12(15)11(7-10)13(16)18/h5-7H,8-9H2,1-4H3,(H2,16,18). The molecule has 2 N–H and O–H groups in total. The maximum atomic E-state index is 13.4. The van der Waals surface area contributed by atoms with Crippen molar-refractivity contribution >= 4 is 17.2 Å². The number of benzene rings is 1. The number of rotatable bonds is 4. The van der Waals surface area contributed by atoms with Gasteiger partial charge in [0.25, 0.3) is 0 Å². The van der Waals surface area contributed by atoms with E-state index in [-0.39, 0.29) is 16.2 Å². The van der Waals surface area contributed by atoms with Gasteiger partial charge in [0.2, 0.25) is 0 Å². The Labute approximate surface area is 114 Å². The van der Waals surface area contributed by atoms with E-state index < -0.39 is 0 Å². The van der Waals surface area contributed by atoms with Crippen molar-refractivity contribution in [3.8, 4) is 0 Å². The molecule has 0 aliphatic heterocycles. The lowest BCUT2D eigenvalue weighted by atomic mass is 9.96. The molecular weight excluding hydrogens is 247 g/mol. The highest BCUT2D eigenvalue weighted by molar-refractivity contribution is 7.80. The molecular formula is C14H21FN2S. The van der Waals surface area contributed by atoms with Gasteiger partial charge in [-0.25, -0.2) is 4.39 Å². The van der Waals surface area contributed by atoms with Gasteiger partial charge in [0.15, 0.2) is 0 Å². The molecule has 1 aromatic rings. The highest BCUT2D eigenvalue weighted by atomic mass is 32.1. The van der Waals surface area contributed by atoms with Crippen LogP contribution in [0.5, 0.6) is 0 Å². The Morgan fingerprint density at radius 3 is 2.50 bits per heavy atom. The zero-order valence-corrected chi connectivity index (χ0v) is 12.3. The van der Waals surface area contributed by atoms with Crippen LogP contribution in [0.25, 0.3) is 0 Å². The molecule has 0 aromatic heterocycles. The van der Waals surface area contributed by atoms with E-state index in [1.165, 1.54) is 6.07 Å². The van der Waals surface area contributed by atoms with Crippen LogP contribution < -0.4 is 5.73 Å². The summed E-state index contributed by atoms with van der Waals surface area (Å²) in [5.74, 6) is -0.357. The number of halogens is 1. The summed E-state index contributed by atoms with van der Waals surface area (Å²) < 4.78 is 13.4. The van der Waals surface area contributed by atoms with Crippen molar-refractivity contribution in [2.75, 3.05) is 13.6 Å². The molecule has 0 unspecified atom stereocenters. The van der Waals surface area contributed by atoms with E-state index in [0.717, 1.165) is 18.7 Å². The molecule has 1 aromatic carbocycles. The maximum absolute atomic E-state index is 13.4. The number of thiocarbonyl (C=S) groups is 1. The minimum Gasteiger partial charge on any atom is -0.389 e. The van der Waals surface area contributed by atoms with Gasteiger partial charge in [-0.1, -0.05) is 39.1 Å². The van der Waals surface area contributed by atoms with E-state index in [9.17, 15) is 4.39 Å². The summed E-state index contributed by atoms with van der Waals surface area (Å²) in [4.78, 5) is 2.31. The predicted molar refractivity (Wildman–Crippen MR) is 78.1 cm³/mol. The van der Waals surface area contributed by atoms with Crippen molar-refractivity contribution in [3.63, 3.8) is 0 Å². The van der Waals surface area contributed by atoms with Gasteiger partial charge in [-0.15, -0.1) is 0 Å². The van der Waals surface area contributed by atoms with Crippen LogP contribution in [-0.2, 0) is 6.54 Å². The third kappa shape index (κ3) is 4.70. The highest BCUT2D eigenvalue weighted by Crippen LogP contribution is 2.17. The molecule has 0 radical (unpaired) electrons. The monoisotopic (exact) mass is 268 g/mol. The summed E-state index contributed by atoms with van der Waals surface area (Å²) in [6, 6.07) is 4.93. The van der Waals surface area contributed by atoms with Crippen molar-refractivity contribution in [3.05, 3.63) is 35.1 Å². The van der Waals surface area contributed by atoms with Crippen LogP contribution in [0.1, 0.15) is 31.9 Å². The summed E-state index contributed by atoms with van der Waals surface area (Å²) in [6.07, 6.45) is 0. The Balaban J connectivity index is 2.80. The summed E-state index contributed by atoms with van der Waals surface area (Å²) in [5.41, 5.74) is 7.08. The Kier molecular flexibility index (Phi) is 4.82. The second-order valence-electron chi connectivity index (χ2n) is 5.91. The van der Waals surface area contributed by atoms with E-state index in [1.807, 2.05) is 0 Å². The molecule has 0 bridgehead atoms. The summed E-state index contributed by atoms with van der Waals surface area (Å²) in [7, 11) is 2.05. The number of nitrogens with two attached hydrogens (primary N) is 1. The number of hydrogen-bond acceptors (Lipinski definition) is 2. The van der Waals surface area contributed by atoms with Gasteiger partial charge < -0.3 is 10.6 Å². The Hall–Kier alpha value is -1.00. The molecule has 0 spiro atoms. The van der Waals surface area contributed by atoms with Crippen LogP contribution >= 0.6 is 12.2 Å². The van der Waals surface area contributed by atoms with Crippen LogP contribution in [0.3, 0.4) is 0 Å².